The van der Waals surface area contributed by atoms with E-state index in [9.17, 15) is 14.0 Å². The van der Waals surface area contributed by atoms with E-state index in [0.29, 0.717) is 16.3 Å². The second kappa shape index (κ2) is 8.93. The average Bonchev–Trinajstić information content (AvgIpc) is 3.41. The molecular formula is C22H18ClFN2O3S. The van der Waals surface area contributed by atoms with E-state index in [4.69, 9.17) is 16.3 Å². The second-order valence-corrected chi connectivity index (χ2v) is 8.33. The summed E-state index contributed by atoms with van der Waals surface area (Å²) in [5.41, 5.74) is 1.82. The van der Waals surface area contributed by atoms with Gasteiger partial charge < -0.3 is 10.1 Å². The molecule has 0 spiro atoms. The molecule has 1 aliphatic rings. The fraction of sp³-hybridized carbons (Fsp3) is 0.227. The first kappa shape index (κ1) is 20.5. The van der Waals surface area contributed by atoms with Crippen molar-refractivity contribution < 1.29 is 18.7 Å². The molecule has 8 heteroatoms. The first-order valence-corrected chi connectivity index (χ1v) is 10.7. The van der Waals surface area contributed by atoms with Crippen LogP contribution >= 0.6 is 22.9 Å². The Labute approximate surface area is 181 Å². The van der Waals surface area contributed by atoms with Gasteiger partial charge in [-0.05, 0) is 37.1 Å². The van der Waals surface area contributed by atoms with Crippen molar-refractivity contribution in [3.05, 3.63) is 76.0 Å². The zero-order chi connectivity index (χ0) is 21.1. The molecule has 0 aliphatic heterocycles. The first-order valence-electron chi connectivity index (χ1n) is 9.43. The van der Waals surface area contributed by atoms with Gasteiger partial charge in [-0.2, -0.15) is 0 Å². The second-order valence-electron chi connectivity index (χ2n) is 7.04. The third kappa shape index (κ3) is 5.23. The van der Waals surface area contributed by atoms with Crippen LogP contribution in [0.2, 0.25) is 5.02 Å². The number of rotatable bonds is 7. The van der Waals surface area contributed by atoms with E-state index >= 15 is 0 Å². The van der Waals surface area contributed by atoms with Crippen LogP contribution in [-0.2, 0) is 20.7 Å². The Morgan fingerprint density at radius 2 is 2.00 bits per heavy atom. The number of esters is 1. The van der Waals surface area contributed by atoms with Crippen LogP contribution in [-0.4, -0.2) is 22.9 Å². The van der Waals surface area contributed by atoms with Gasteiger partial charge in [0.15, 0.2) is 0 Å². The van der Waals surface area contributed by atoms with Crippen LogP contribution in [0.3, 0.4) is 0 Å². The van der Waals surface area contributed by atoms with Gasteiger partial charge in [0.2, 0.25) is 6.10 Å². The lowest BCUT2D eigenvalue weighted by Crippen LogP contribution is -2.33. The van der Waals surface area contributed by atoms with E-state index in [1.165, 1.54) is 35.6 Å². The molecule has 1 aromatic heterocycles. The lowest BCUT2D eigenvalue weighted by Gasteiger charge is -2.18. The predicted molar refractivity (Wildman–Crippen MR) is 113 cm³/mol. The van der Waals surface area contributed by atoms with E-state index in [0.717, 1.165) is 23.4 Å². The summed E-state index contributed by atoms with van der Waals surface area (Å²) in [7, 11) is 0. The quantitative estimate of drug-likeness (QED) is 0.536. The van der Waals surface area contributed by atoms with Crippen LogP contribution in [0.5, 0.6) is 0 Å². The largest absolute Gasteiger partial charge is 0.447 e. The summed E-state index contributed by atoms with van der Waals surface area (Å²) in [6, 6.07) is 12.8. The Morgan fingerprint density at radius 1 is 1.23 bits per heavy atom. The zero-order valence-electron chi connectivity index (χ0n) is 15.8. The number of hydrogen-bond acceptors (Lipinski definition) is 5. The molecule has 5 nitrogen and oxygen atoms in total. The molecule has 1 unspecified atom stereocenters. The van der Waals surface area contributed by atoms with Crippen LogP contribution in [0, 0.1) is 5.82 Å². The maximum Gasteiger partial charge on any atom is 0.313 e. The molecule has 1 heterocycles. The van der Waals surface area contributed by atoms with Crippen molar-refractivity contribution >= 4 is 34.8 Å². The van der Waals surface area contributed by atoms with Crippen molar-refractivity contribution in [1.29, 1.82) is 0 Å². The van der Waals surface area contributed by atoms with Crippen molar-refractivity contribution in [2.45, 2.75) is 31.4 Å². The third-order valence-electron chi connectivity index (χ3n) is 4.53. The van der Waals surface area contributed by atoms with E-state index in [2.05, 4.69) is 10.3 Å². The monoisotopic (exact) mass is 444 g/mol. The molecule has 2 aromatic carbocycles. The number of carbonyl (C=O) groups is 2. The molecule has 0 radical (unpaired) electrons. The molecule has 4 rings (SSSR count). The molecule has 1 saturated carbocycles. The van der Waals surface area contributed by atoms with Gasteiger partial charge >= 0.3 is 5.97 Å². The summed E-state index contributed by atoms with van der Waals surface area (Å²) in [5, 5.41) is 5.95. The van der Waals surface area contributed by atoms with E-state index in [1.807, 2.05) is 12.1 Å². The van der Waals surface area contributed by atoms with E-state index in [1.54, 1.807) is 17.5 Å². The predicted octanol–water partition coefficient (Wildman–Crippen LogP) is 4.71. The van der Waals surface area contributed by atoms with Gasteiger partial charge in [-0.3, -0.25) is 9.59 Å². The van der Waals surface area contributed by atoms with Gasteiger partial charge in [0.25, 0.3) is 5.91 Å². The molecular weight excluding hydrogens is 427 g/mol. The SMILES string of the molecule is O=C(Cc1csc(-c2cccc(Cl)c2)n1)OC(C(=O)NC1CC1)c1ccc(F)cc1. The highest BCUT2D eigenvalue weighted by atomic mass is 35.5. The summed E-state index contributed by atoms with van der Waals surface area (Å²) in [6.07, 6.45) is 0.595. The number of benzene rings is 2. The van der Waals surface area contributed by atoms with Crippen molar-refractivity contribution in [2.24, 2.45) is 0 Å². The molecule has 3 aromatic rings. The van der Waals surface area contributed by atoms with Crippen LogP contribution in [0.25, 0.3) is 10.6 Å². The summed E-state index contributed by atoms with van der Waals surface area (Å²) in [6.45, 7) is 0. The summed E-state index contributed by atoms with van der Waals surface area (Å²) < 4.78 is 18.7. The van der Waals surface area contributed by atoms with Crippen molar-refractivity contribution in [2.75, 3.05) is 0 Å². The number of carbonyl (C=O) groups excluding carboxylic acids is 2. The Kier molecular flexibility index (Phi) is 6.11. The number of hydrogen-bond donors (Lipinski definition) is 1. The lowest BCUT2D eigenvalue weighted by molar-refractivity contribution is -0.156. The highest BCUT2D eigenvalue weighted by molar-refractivity contribution is 7.13. The molecule has 1 amide bonds. The Morgan fingerprint density at radius 3 is 2.70 bits per heavy atom. The smallest absolute Gasteiger partial charge is 0.313 e. The number of thiazole rings is 1. The van der Waals surface area contributed by atoms with Gasteiger partial charge in [-0.25, -0.2) is 9.37 Å². The van der Waals surface area contributed by atoms with Gasteiger partial charge in [-0.1, -0.05) is 35.9 Å². The maximum absolute atomic E-state index is 13.3. The third-order valence-corrected chi connectivity index (χ3v) is 5.71. The summed E-state index contributed by atoms with van der Waals surface area (Å²) in [4.78, 5) is 29.6. The topological polar surface area (TPSA) is 68.3 Å². The number of halogens is 2. The van der Waals surface area contributed by atoms with Crippen LogP contribution in [0.4, 0.5) is 4.39 Å². The average molecular weight is 445 g/mol. The molecule has 1 N–H and O–H groups in total. The number of amides is 1. The molecule has 0 saturated heterocycles. The van der Waals surface area contributed by atoms with Gasteiger partial charge in [-0.15, -0.1) is 11.3 Å². The van der Waals surface area contributed by atoms with E-state index < -0.39 is 23.8 Å². The minimum atomic E-state index is -1.13. The minimum absolute atomic E-state index is 0.0779. The Balaban J connectivity index is 1.46. The molecule has 1 fully saturated rings. The number of aromatic nitrogens is 1. The number of ether oxygens (including phenoxy) is 1. The standard InChI is InChI=1S/C22H18ClFN2O3S/c23-15-3-1-2-14(10-15)22-26-18(12-30-22)11-19(27)29-20(21(28)25-17-8-9-17)13-4-6-16(24)7-5-13/h1-7,10,12,17,20H,8-9,11H2,(H,25,28). The number of nitrogens with one attached hydrogen (secondary N) is 1. The fourth-order valence-electron chi connectivity index (χ4n) is 2.88. The van der Waals surface area contributed by atoms with Crippen molar-refractivity contribution in [3.63, 3.8) is 0 Å². The Bertz CT molecular complexity index is 1070. The fourth-order valence-corrected chi connectivity index (χ4v) is 3.89. The van der Waals surface area contributed by atoms with Crippen LogP contribution in [0.15, 0.2) is 53.9 Å². The van der Waals surface area contributed by atoms with Crippen molar-refractivity contribution in [1.82, 2.24) is 10.3 Å². The molecule has 1 atom stereocenters. The van der Waals surface area contributed by atoms with Gasteiger partial charge in [0.1, 0.15) is 10.8 Å². The van der Waals surface area contributed by atoms with E-state index in [-0.39, 0.29) is 12.5 Å². The maximum atomic E-state index is 13.3. The van der Waals surface area contributed by atoms with Gasteiger partial charge in [0.05, 0.1) is 12.1 Å². The van der Waals surface area contributed by atoms with Gasteiger partial charge in [0, 0.05) is 27.6 Å². The number of nitrogens with zero attached hydrogens (tertiary/aromatic N) is 1. The minimum Gasteiger partial charge on any atom is -0.447 e. The Hall–Kier alpha value is -2.77. The molecule has 0 bridgehead atoms. The molecule has 1 aliphatic carbocycles. The van der Waals surface area contributed by atoms with Crippen LogP contribution < -0.4 is 5.32 Å². The molecule has 30 heavy (non-hydrogen) atoms. The molecule has 154 valence electrons. The summed E-state index contributed by atoms with van der Waals surface area (Å²) >= 11 is 7.42. The van der Waals surface area contributed by atoms with Crippen molar-refractivity contribution in [3.8, 4) is 10.6 Å². The highest BCUT2D eigenvalue weighted by Crippen LogP contribution is 2.27. The normalized spacial score (nSPS) is 14.2. The highest BCUT2D eigenvalue weighted by Gasteiger charge is 2.31. The first-order chi connectivity index (χ1) is 14.5. The van der Waals surface area contributed by atoms with Crippen LogP contribution in [0.1, 0.15) is 30.2 Å². The zero-order valence-corrected chi connectivity index (χ0v) is 17.4. The summed E-state index contributed by atoms with van der Waals surface area (Å²) in [5.74, 6) is -1.42. The lowest BCUT2D eigenvalue weighted by atomic mass is 10.1.